The topological polar surface area (TPSA) is 57.6 Å². The van der Waals surface area contributed by atoms with Crippen LogP contribution in [-0.4, -0.2) is 60.8 Å². The highest BCUT2D eigenvalue weighted by molar-refractivity contribution is 6.32. The lowest BCUT2D eigenvalue weighted by Gasteiger charge is -2.41. The van der Waals surface area contributed by atoms with E-state index in [0.717, 1.165) is 72.9 Å². The maximum absolute atomic E-state index is 6.42. The van der Waals surface area contributed by atoms with Crippen LogP contribution in [0.2, 0.25) is 5.02 Å². The van der Waals surface area contributed by atoms with Crippen molar-refractivity contribution in [1.29, 1.82) is 0 Å². The average Bonchev–Trinajstić information content (AvgIpc) is 3.39. The zero-order valence-electron chi connectivity index (χ0n) is 20.0. The van der Waals surface area contributed by atoms with Crippen LogP contribution in [0.25, 0.3) is 11.3 Å². The summed E-state index contributed by atoms with van der Waals surface area (Å²) in [4.78, 5) is 21.5. The summed E-state index contributed by atoms with van der Waals surface area (Å²) in [7, 11) is 1.70. The molecule has 178 valence electrons. The van der Waals surface area contributed by atoms with E-state index < -0.39 is 0 Å². The van der Waals surface area contributed by atoms with Gasteiger partial charge in [0.05, 0.1) is 17.8 Å². The number of nitrogens with zero attached hydrogens (tertiary/aromatic N) is 6. The Kier molecular flexibility index (Phi) is 6.46. The van der Waals surface area contributed by atoms with Gasteiger partial charge in [-0.2, -0.15) is 4.98 Å². The van der Waals surface area contributed by atoms with Crippen molar-refractivity contribution < 1.29 is 4.74 Å². The fraction of sp³-hybridized carbons (Fsp3) is 0.423. The van der Waals surface area contributed by atoms with E-state index in [1.807, 2.05) is 18.2 Å². The van der Waals surface area contributed by atoms with Crippen molar-refractivity contribution in [3.05, 3.63) is 53.2 Å². The number of pyridine rings is 1. The molecule has 0 spiro atoms. The van der Waals surface area contributed by atoms with Gasteiger partial charge in [-0.25, -0.2) is 9.97 Å². The molecule has 8 heteroatoms. The molecule has 0 aliphatic carbocycles. The number of aromatic nitrogens is 3. The van der Waals surface area contributed by atoms with Crippen LogP contribution in [0.3, 0.4) is 0 Å². The number of rotatable bonds is 5. The van der Waals surface area contributed by atoms with Crippen LogP contribution in [0.4, 0.5) is 17.6 Å². The maximum Gasteiger partial charge on any atom is 0.227 e. The van der Waals surface area contributed by atoms with Crippen molar-refractivity contribution in [2.24, 2.45) is 0 Å². The molecule has 2 fully saturated rings. The monoisotopic (exact) mass is 478 g/mol. The molecule has 0 bridgehead atoms. The Morgan fingerprint density at radius 1 is 1.00 bits per heavy atom. The lowest BCUT2D eigenvalue weighted by Crippen LogP contribution is -2.52. The molecule has 2 aliphatic heterocycles. The van der Waals surface area contributed by atoms with E-state index in [1.54, 1.807) is 13.3 Å². The number of methoxy groups -OCH3 is 1. The fourth-order valence-corrected chi connectivity index (χ4v) is 5.15. The Labute approximate surface area is 206 Å². The number of benzene rings is 1. The molecule has 0 radical (unpaired) electrons. The highest BCUT2D eigenvalue weighted by atomic mass is 35.5. The van der Waals surface area contributed by atoms with Crippen LogP contribution in [0, 0.1) is 6.92 Å². The third-order valence-corrected chi connectivity index (χ3v) is 7.04. The van der Waals surface area contributed by atoms with E-state index in [0.29, 0.717) is 5.02 Å². The number of piperazine rings is 1. The SMILES string of the molecule is COc1ccc(-c2cc(N3CCN(c4ncccc4Cl)C[C@H]3C)nc(N3CCCC3)n2)cc1C. The first kappa shape index (κ1) is 22.7. The Bertz CT molecular complexity index is 1170. The maximum atomic E-state index is 6.42. The number of halogens is 1. The van der Waals surface area contributed by atoms with Gasteiger partial charge in [-0.15, -0.1) is 0 Å². The quantitative estimate of drug-likeness (QED) is 0.520. The van der Waals surface area contributed by atoms with Crippen molar-refractivity contribution in [1.82, 2.24) is 15.0 Å². The van der Waals surface area contributed by atoms with Gasteiger partial charge in [-0.05, 0) is 62.6 Å². The van der Waals surface area contributed by atoms with Crippen LogP contribution in [0.1, 0.15) is 25.3 Å². The van der Waals surface area contributed by atoms with Crippen molar-refractivity contribution in [2.45, 2.75) is 32.7 Å². The predicted octanol–water partition coefficient (Wildman–Crippen LogP) is 4.82. The molecular weight excluding hydrogens is 448 g/mol. The van der Waals surface area contributed by atoms with Gasteiger partial charge in [0.15, 0.2) is 0 Å². The van der Waals surface area contributed by atoms with Crippen LogP contribution in [0.15, 0.2) is 42.6 Å². The lowest BCUT2D eigenvalue weighted by atomic mass is 10.1. The summed E-state index contributed by atoms with van der Waals surface area (Å²) < 4.78 is 5.46. The minimum Gasteiger partial charge on any atom is -0.496 e. The summed E-state index contributed by atoms with van der Waals surface area (Å²) in [6.45, 7) is 8.81. The van der Waals surface area contributed by atoms with Gasteiger partial charge in [-0.3, -0.25) is 0 Å². The fourth-order valence-electron chi connectivity index (χ4n) is 4.91. The van der Waals surface area contributed by atoms with E-state index in [1.165, 1.54) is 12.8 Å². The predicted molar refractivity (Wildman–Crippen MR) is 138 cm³/mol. The minimum absolute atomic E-state index is 0.249. The molecule has 0 saturated carbocycles. The first-order valence-corrected chi connectivity index (χ1v) is 12.3. The van der Waals surface area contributed by atoms with Gasteiger partial charge in [-0.1, -0.05) is 11.6 Å². The van der Waals surface area contributed by atoms with Gasteiger partial charge in [0, 0.05) is 56.6 Å². The second-order valence-electron chi connectivity index (χ2n) is 9.09. The van der Waals surface area contributed by atoms with Crippen LogP contribution >= 0.6 is 11.6 Å². The second kappa shape index (κ2) is 9.66. The average molecular weight is 479 g/mol. The summed E-state index contributed by atoms with van der Waals surface area (Å²) in [6, 6.07) is 12.4. The number of hydrogen-bond donors (Lipinski definition) is 0. The van der Waals surface area contributed by atoms with Crippen molar-refractivity contribution >= 4 is 29.2 Å². The third-order valence-electron chi connectivity index (χ3n) is 6.74. The third kappa shape index (κ3) is 4.49. The Hall–Kier alpha value is -3.06. The molecular formula is C26H31ClN6O. The van der Waals surface area contributed by atoms with Gasteiger partial charge in [0.1, 0.15) is 17.4 Å². The Morgan fingerprint density at radius 3 is 2.53 bits per heavy atom. The zero-order chi connectivity index (χ0) is 23.7. The van der Waals surface area contributed by atoms with E-state index in [-0.39, 0.29) is 6.04 Å². The second-order valence-corrected chi connectivity index (χ2v) is 9.49. The number of aryl methyl sites for hydroxylation is 1. The zero-order valence-corrected chi connectivity index (χ0v) is 20.8. The molecule has 1 aromatic carbocycles. The smallest absolute Gasteiger partial charge is 0.227 e. The minimum atomic E-state index is 0.249. The summed E-state index contributed by atoms with van der Waals surface area (Å²) in [6.07, 6.45) is 4.17. The molecule has 0 N–H and O–H groups in total. The van der Waals surface area contributed by atoms with Gasteiger partial charge in [0.2, 0.25) is 5.95 Å². The Balaban J connectivity index is 1.47. The summed E-state index contributed by atoms with van der Waals surface area (Å²) in [5, 5.41) is 0.693. The highest BCUT2D eigenvalue weighted by Gasteiger charge is 2.28. The Morgan fingerprint density at radius 2 is 1.82 bits per heavy atom. The molecule has 2 saturated heterocycles. The van der Waals surface area contributed by atoms with Crippen molar-refractivity contribution in [3.8, 4) is 17.0 Å². The lowest BCUT2D eigenvalue weighted by molar-refractivity contribution is 0.412. The molecule has 0 amide bonds. The van der Waals surface area contributed by atoms with E-state index in [4.69, 9.17) is 26.3 Å². The molecule has 34 heavy (non-hydrogen) atoms. The van der Waals surface area contributed by atoms with Crippen LogP contribution in [-0.2, 0) is 0 Å². The van der Waals surface area contributed by atoms with E-state index >= 15 is 0 Å². The first-order valence-electron chi connectivity index (χ1n) is 11.9. The van der Waals surface area contributed by atoms with Gasteiger partial charge >= 0.3 is 0 Å². The summed E-state index contributed by atoms with van der Waals surface area (Å²) >= 11 is 6.42. The number of hydrogen-bond acceptors (Lipinski definition) is 7. The summed E-state index contributed by atoms with van der Waals surface area (Å²) in [5.41, 5.74) is 3.12. The number of ether oxygens (including phenoxy) is 1. The summed E-state index contributed by atoms with van der Waals surface area (Å²) in [5.74, 6) is 3.53. The molecule has 2 aliphatic rings. The van der Waals surface area contributed by atoms with Gasteiger partial charge < -0.3 is 19.4 Å². The normalized spacial score (nSPS) is 18.5. The first-order chi connectivity index (χ1) is 16.5. The van der Waals surface area contributed by atoms with Crippen molar-refractivity contribution in [3.63, 3.8) is 0 Å². The molecule has 2 aromatic heterocycles. The van der Waals surface area contributed by atoms with E-state index in [9.17, 15) is 0 Å². The molecule has 7 nitrogen and oxygen atoms in total. The molecule has 4 heterocycles. The van der Waals surface area contributed by atoms with Crippen molar-refractivity contribution in [2.75, 3.05) is 54.5 Å². The van der Waals surface area contributed by atoms with E-state index in [2.05, 4.69) is 51.7 Å². The molecule has 5 rings (SSSR count). The molecule has 1 atom stereocenters. The molecule has 0 unspecified atom stereocenters. The van der Waals surface area contributed by atoms with Gasteiger partial charge in [0.25, 0.3) is 0 Å². The number of anilines is 3. The van der Waals surface area contributed by atoms with Crippen LogP contribution in [0.5, 0.6) is 5.75 Å². The molecule has 3 aromatic rings. The highest BCUT2D eigenvalue weighted by Crippen LogP contribution is 2.32. The standard InChI is InChI=1S/C26H31ClN6O/c1-18-15-20(8-9-23(18)34-3)22-16-24(30-26(29-22)31-11-4-5-12-31)33-14-13-32(17-19(33)2)25-21(27)7-6-10-28-25/h6-10,15-16,19H,4-5,11-14,17H2,1-3H3/t19-/m1/s1. The largest absolute Gasteiger partial charge is 0.496 e. The van der Waals surface area contributed by atoms with Crippen LogP contribution < -0.4 is 19.4 Å².